The second-order valence-corrected chi connectivity index (χ2v) is 8.16. The van der Waals surface area contributed by atoms with Gasteiger partial charge in [-0.3, -0.25) is 4.57 Å². The largest absolute Gasteiger partial charge is 0.507 e. The number of phenolic OH excluding ortho intramolecular Hbond substituents is 1. The van der Waals surface area contributed by atoms with Crippen molar-refractivity contribution < 1.29 is 28.3 Å². The molecule has 0 spiro atoms. The lowest BCUT2D eigenvalue weighted by Crippen LogP contribution is -2.03. The van der Waals surface area contributed by atoms with Crippen molar-refractivity contribution in [3.63, 3.8) is 0 Å². The molecular weight excluding hydrogens is 343 g/mol. The highest BCUT2D eigenvalue weighted by molar-refractivity contribution is 7.54. The first kappa shape index (κ1) is 19.4. The fourth-order valence-electron chi connectivity index (χ4n) is 2.94. The van der Waals surface area contributed by atoms with Gasteiger partial charge in [0, 0.05) is 25.3 Å². The second kappa shape index (κ2) is 7.56. The molecule has 0 saturated carbocycles. The minimum atomic E-state index is -3.15. The van der Waals surface area contributed by atoms with E-state index in [-0.39, 0.29) is 24.1 Å². The van der Waals surface area contributed by atoms with Crippen LogP contribution in [0.1, 0.15) is 39.5 Å². The van der Waals surface area contributed by atoms with E-state index >= 15 is 0 Å². The van der Waals surface area contributed by atoms with Crippen LogP contribution in [0.4, 0.5) is 0 Å². The molecule has 0 aromatic heterocycles. The molecule has 6 nitrogen and oxygen atoms in total. The van der Waals surface area contributed by atoms with Crippen LogP contribution < -0.4 is 0 Å². The molecule has 0 bridgehead atoms. The average molecular weight is 366 g/mol. The van der Waals surface area contributed by atoms with Gasteiger partial charge >= 0.3 is 13.6 Å². The fourth-order valence-corrected chi connectivity index (χ4v) is 4.09. The number of allylic oxidation sites excluding steroid dienone is 2. The van der Waals surface area contributed by atoms with E-state index < -0.39 is 13.6 Å². The van der Waals surface area contributed by atoms with Crippen LogP contribution in [-0.2, 0) is 31.4 Å². The van der Waals surface area contributed by atoms with Crippen molar-refractivity contribution in [3.8, 4) is 5.75 Å². The minimum absolute atomic E-state index is 0.0799. The molecule has 0 radical (unpaired) electrons. The van der Waals surface area contributed by atoms with Crippen LogP contribution in [-0.4, -0.2) is 31.5 Å². The first-order chi connectivity index (χ1) is 11.8. The predicted octanol–water partition coefficient (Wildman–Crippen LogP) is 3.99. The van der Waals surface area contributed by atoms with Crippen molar-refractivity contribution in [3.05, 3.63) is 46.0 Å². The Morgan fingerprint density at radius 2 is 2.04 bits per heavy atom. The Labute approximate surface area is 147 Å². The van der Waals surface area contributed by atoms with Crippen molar-refractivity contribution >= 4 is 19.6 Å². The molecule has 136 valence electrons. The van der Waals surface area contributed by atoms with Gasteiger partial charge in [0.2, 0.25) is 0 Å². The summed E-state index contributed by atoms with van der Waals surface area (Å²) in [6.07, 6.45) is 3.99. The van der Waals surface area contributed by atoms with Crippen LogP contribution in [0.15, 0.2) is 18.2 Å². The number of phenols is 1. The molecule has 0 fully saturated rings. The van der Waals surface area contributed by atoms with Crippen molar-refractivity contribution in [1.29, 1.82) is 0 Å². The molecule has 7 heteroatoms. The van der Waals surface area contributed by atoms with Gasteiger partial charge in [-0.25, -0.2) is 4.79 Å². The molecule has 0 atom stereocenters. The molecule has 0 unspecified atom stereocenters. The maximum Gasteiger partial charge on any atom is 0.342 e. The van der Waals surface area contributed by atoms with Crippen LogP contribution in [0.2, 0.25) is 0 Å². The van der Waals surface area contributed by atoms with Gasteiger partial charge in [0.15, 0.2) is 0 Å². The number of aromatic hydroxyl groups is 1. The number of rotatable bonds is 7. The van der Waals surface area contributed by atoms with Crippen LogP contribution in [0, 0.1) is 6.92 Å². The molecule has 1 aromatic rings. The number of benzene rings is 1. The summed E-state index contributed by atoms with van der Waals surface area (Å²) in [4.78, 5) is 11.9. The number of carbonyl (C=O) groups is 1. The van der Waals surface area contributed by atoms with E-state index in [9.17, 15) is 14.5 Å². The lowest BCUT2D eigenvalue weighted by molar-refractivity contribution is 0.0533. The molecule has 1 heterocycles. The van der Waals surface area contributed by atoms with E-state index in [1.165, 1.54) is 14.2 Å². The summed E-state index contributed by atoms with van der Waals surface area (Å²) in [5.74, 6) is -0.597. The Bertz CT molecular complexity index is 785. The molecular formula is C18H23O6P. The highest BCUT2D eigenvalue weighted by atomic mass is 31.2. The zero-order chi connectivity index (χ0) is 18.8. The number of cyclic esters (lactones) is 1. The Balaban J connectivity index is 2.40. The first-order valence-electron chi connectivity index (χ1n) is 7.81. The molecule has 1 aliphatic heterocycles. The second-order valence-electron chi connectivity index (χ2n) is 5.89. The zero-order valence-electron chi connectivity index (χ0n) is 14.9. The Morgan fingerprint density at radius 1 is 1.40 bits per heavy atom. The Kier molecular flexibility index (Phi) is 5.88. The smallest absolute Gasteiger partial charge is 0.342 e. The lowest BCUT2D eigenvalue weighted by Gasteiger charge is -2.16. The number of fused-ring (bicyclic) bond motifs is 1. The highest BCUT2D eigenvalue weighted by Gasteiger charge is 2.30. The summed E-state index contributed by atoms with van der Waals surface area (Å²) in [5, 5.41) is 10.6. The van der Waals surface area contributed by atoms with Crippen molar-refractivity contribution in [1.82, 2.24) is 0 Å². The zero-order valence-corrected chi connectivity index (χ0v) is 15.8. The van der Waals surface area contributed by atoms with Gasteiger partial charge in [-0.1, -0.05) is 24.3 Å². The molecule has 2 rings (SSSR count). The summed E-state index contributed by atoms with van der Waals surface area (Å²) < 4.78 is 27.1. The summed E-state index contributed by atoms with van der Waals surface area (Å²) in [7, 11) is -0.463. The van der Waals surface area contributed by atoms with E-state index in [2.05, 4.69) is 6.58 Å². The third-order valence-corrected chi connectivity index (χ3v) is 6.41. The number of ether oxygens (including phenoxy) is 1. The van der Waals surface area contributed by atoms with E-state index in [1.54, 1.807) is 6.08 Å². The third kappa shape index (κ3) is 3.71. The number of esters is 1. The van der Waals surface area contributed by atoms with E-state index in [0.717, 1.165) is 16.7 Å². The molecule has 0 saturated heterocycles. The molecule has 1 aromatic carbocycles. The Hall–Kier alpha value is -1.88. The van der Waals surface area contributed by atoms with Gasteiger partial charge in [-0.2, -0.15) is 0 Å². The quantitative estimate of drug-likeness (QED) is 0.446. The first-order valence-corrected chi connectivity index (χ1v) is 9.53. The maximum atomic E-state index is 12.2. The van der Waals surface area contributed by atoms with Crippen molar-refractivity contribution in [2.24, 2.45) is 0 Å². The summed E-state index contributed by atoms with van der Waals surface area (Å²) >= 11 is 0. The molecule has 25 heavy (non-hydrogen) atoms. The average Bonchev–Trinajstić information content (AvgIpc) is 2.98. The molecule has 1 N–H and O–H groups in total. The predicted molar refractivity (Wildman–Crippen MR) is 96.0 cm³/mol. The van der Waals surface area contributed by atoms with Crippen LogP contribution in [0.25, 0.3) is 6.08 Å². The van der Waals surface area contributed by atoms with Gasteiger partial charge in [0.25, 0.3) is 0 Å². The van der Waals surface area contributed by atoms with E-state index in [1.807, 2.05) is 19.9 Å². The highest BCUT2D eigenvalue weighted by Crippen LogP contribution is 2.48. The van der Waals surface area contributed by atoms with Crippen LogP contribution in [0.3, 0.4) is 0 Å². The van der Waals surface area contributed by atoms with Crippen LogP contribution in [0.5, 0.6) is 5.75 Å². The van der Waals surface area contributed by atoms with Gasteiger partial charge in [-0.05, 0) is 31.4 Å². The Morgan fingerprint density at radius 3 is 2.60 bits per heavy atom. The number of hydrogen-bond donors (Lipinski definition) is 1. The summed E-state index contributed by atoms with van der Waals surface area (Å²) in [5.41, 5.74) is 3.96. The van der Waals surface area contributed by atoms with E-state index in [0.29, 0.717) is 17.5 Å². The normalized spacial score (nSPS) is 14.4. The standard InChI is InChI=1S/C18H23O6P/c1-6-13-12(3)15-9-24-18(20)16(15)17(19)14(13)8-7-11(2)10-25(21,22-4)23-5/h6-7,19H,1,8-10H2,2-5H3. The minimum Gasteiger partial charge on any atom is -0.507 e. The molecule has 1 aliphatic rings. The van der Waals surface area contributed by atoms with Crippen molar-refractivity contribution in [2.75, 3.05) is 20.4 Å². The maximum absolute atomic E-state index is 12.2. The van der Waals surface area contributed by atoms with Gasteiger partial charge < -0.3 is 18.9 Å². The topological polar surface area (TPSA) is 82.1 Å². The molecule has 0 aliphatic carbocycles. The van der Waals surface area contributed by atoms with Crippen LogP contribution >= 0.6 is 7.60 Å². The third-order valence-electron chi connectivity index (χ3n) is 4.42. The van der Waals surface area contributed by atoms with Gasteiger partial charge in [0.05, 0.1) is 6.16 Å². The number of hydrogen-bond acceptors (Lipinski definition) is 6. The number of carbonyl (C=O) groups excluding carboxylic acids is 1. The van der Waals surface area contributed by atoms with Gasteiger partial charge in [-0.15, -0.1) is 0 Å². The fraction of sp³-hybridized carbons (Fsp3) is 0.389. The van der Waals surface area contributed by atoms with Crippen molar-refractivity contribution in [2.45, 2.75) is 26.9 Å². The SMILES string of the molecule is C=Cc1c(C)c2c(c(O)c1CC=C(C)CP(=O)(OC)OC)C(=O)OC2. The molecule has 0 amide bonds. The van der Waals surface area contributed by atoms with E-state index in [4.69, 9.17) is 13.8 Å². The monoisotopic (exact) mass is 366 g/mol. The lowest BCUT2D eigenvalue weighted by atomic mass is 9.90. The summed E-state index contributed by atoms with van der Waals surface area (Å²) in [6.45, 7) is 7.66. The van der Waals surface area contributed by atoms with Gasteiger partial charge in [0.1, 0.15) is 17.9 Å². The summed E-state index contributed by atoms with van der Waals surface area (Å²) in [6, 6.07) is 0.